The summed E-state index contributed by atoms with van der Waals surface area (Å²) in [5, 5.41) is 0. The third kappa shape index (κ3) is 3.07. The monoisotopic (exact) mass is 287 g/mol. The van der Waals surface area contributed by atoms with Crippen molar-refractivity contribution in [2.45, 2.75) is 44.9 Å². The summed E-state index contributed by atoms with van der Waals surface area (Å²) < 4.78 is 5.33. The molecule has 1 saturated heterocycles. The van der Waals surface area contributed by atoms with Gasteiger partial charge in [0.2, 0.25) is 0 Å². The number of nitrogens with zero attached hydrogens (tertiary/aromatic N) is 1. The highest BCUT2D eigenvalue weighted by Crippen LogP contribution is 2.55. The molecule has 1 aliphatic carbocycles. The number of likely N-dealkylation sites (tertiary alicyclic amines) is 1. The molecule has 1 aromatic carbocycles. The molecule has 1 spiro atoms. The lowest BCUT2D eigenvalue weighted by atomic mass is 9.59. The molecule has 1 amide bonds. The number of carbonyl (C=O) groups excluding carboxylic acids is 1. The van der Waals surface area contributed by atoms with E-state index < -0.39 is 0 Å². The van der Waals surface area contributed by atoms with Crippen LogP contribution in [0.5, 0.6) is 0 Å². The van der Waals surface area contributed by atoms with E-state index in [1.54, 1.807) is 0 Å². The Kier molecular flexibility index (Phi) is 4.18. The molecule has 0 radical (unpaired) electrons. The van der Waals surface area contributed by atoms with Crippen LogP contribution in [-0.4, -0.2) is 30.7 Å². The first-order valence-electron chi connectivity index (χ1n) is 8.19. The zero-order chi connectivity index (χ0) is 14.7. The quantitative estimate of drug-likeness (QED) is 0.777. The maximum Gasteiger partial charge on any atom is 0.409 e. The second-order valence-corrected chi connectivity index (χ2v) is 6.66. The Balaban J connectivity index is 1.49. The first-order chi connectivity index (χ1) is 10.2. The minimum absolute atomic E-state index is 0.108. The molecule has 0 bridgehead atoms. The van der Waals surface area contributed by atoms with Crippen molar-refractivity contribution in [1.82, 2.24) is 4.90 Å². The van der Waals surface area contributed by atoms with E-state index in [2.05, 4.69) is 37.3 Å². The molecule has 2 aliphatic rings. The van der Waals surface area contributed by atoms with Crippen molar-refractivity contribution in [3.8, 4) is 0 Å². The highest BCUT2D eigenvalue weighted by Gasteiger charge is 2.49. The molecule has 1 aliphatic heterocycles. The van der Waals surface area contributed by atoms with E-state index in [9.17, 15) is 4.79 Å². The molecule has 1 saturated carbocycles. The Labute approximate surface area is 127 Å². The van der Waals surface area contributed by atoms with Crippen molar-refractivity contribution in [2.75, 3.05) is 19.7 Å². The van der Waals surface area contributed by atoms with Gasteiger partial charge in [-0.1, -0.05) is 43.7 Å². The van der Waals surface area contributed by atoms with Gasteiger partial charge in [-0.2, -0.15) is 0 Å². The molecule has 0 atom stereocenters. The van der Waals surface area contributed by atoms with Crippen LogP contribution in [0.3, 0.4) is 0 Å². The maximum absolute atomic E-state index is 12.0. The zero-order valence-corrected chi connectivity index (χ0v) is 12.9. The van der Waals surface area contributed by atoms with Crippen LogP contribution < -0.4 is 0 Å². The zero-order valence-electron chi connectivity index (χ0n) is 12.9. The van der Waals surface area contributed by atoms with Gasteiger partial charge >= 0.3 is 6.09 Å². The van der Waals surface area contributed by atoms with Crippen molar-refractivity contribution in [3.63, 3.8) is 0 Å². The molecule has 0 aromatic heterocycles. The predicted octanol–water partition coefficient (Wildman–Crippen LogP) is 4.19. The van der Waals surface area contributed by atoms with Crippen LogP contribution in [0.4, 0.5) is 4.79 Å². The smallest absolute Gasteiger partial charge is 0.409 e. The SMILES string of the molecule is CCCCOC(=O)N1CCC2(CC(c3ccccc3)C2)C1. The highest BCUT2D eigenvalue weighted by atomic mass is 16.6. The Morgan fingerprint density at radius 2 is 2.10 bits per heavy atom. The molecule has 21 heavy (non-hydrogen) atoms. The molecular weight excluding hydrogens is 262 g/mol. The molecular formula is C18H25NO2. The van der Waals surface area contributed by atoms with Crippen LogP contribution in [0.25, 0.3) is 0 Å². The van der Waals surface area contributed by atoms with E-state index >= 15 is 0 Å². The molecule has 3 nitrogen and oxygen atoms in total. The van der Waals surface area contributed by atoms with Gasteiger partial charge in [0.05, 0.1) is 6.61 Å². The number of unbranched alkanes of at least 4 members (excludes halogenated alkanes) is 1. The van der Waals surface area contributed by atoms with E-state index in [1.807, 2.05) is 4.90 Å². The molecule has 2 fully saturated rings. The van der Waals surface area contributed by atoms with E-state index in [1.165, 1.54) is 18.4 Å². The number of rotatable bonds is 4. The topological polar surface area (TPSA) is 29.5 Å². The fourth-order valence-electron chi connectivity index (χ4n) is 3.77. The fraction of sp³-hybridized carbons (Fsp3) is 0.611. The van der Waals surface area contributed by atoms with Crippen molar-refractivity contribution in [2.24, 2.45) is 5.41 Å². The molecule has 114 valence electrons. The van der Waals surface area contributed by atoms with E-state index in [0.717, 1.165) is 32.4 Å². The maximum atomic E-state index is 12.0. The van der Waals surface area contributed by atoms with Gasteiger partial charge in [0, 0.05) is 13.1 Å². The first-order valence-corrected chi connectivity index (χ1v) is 8.19. The highest BCUT2D eigenvalue weighted by molar-refractivity contribution is 5.68. The summed E-state index contributed by atoms with van der Waals surface area (Å²) in [5.74, 6) is 0.683. The van der Waals surface area contributed by atoms with Gasteiger partial charge in [0.25, 0.3) is 0 Å². The summed E-state index contributed by atoms with van der Waals surface area (Å²) in [6, 6.07) is 10.8. The average molecular weight is 287 g/mol. The minimum Gasteiger partial charge on any atom is -0.449 e. The lowest BCUT2D eigenvalue weighted by Gasteiger charge is -2.45. The summed E-state index contributed by atoms with van der Waals surface area (Å²) in [5.41, 5.74) is 1.82. The molecule has 1 aromatic rings. The average Bonchev–Trinajstić information content (AvgIpc) is 2.92. The van der Waals surface area contributed by atoms with Gasteiger partial charge in [0.15, 0.2) is 0 Å². The first kappa shape index (κ1) is 14.4. The summed E-state index contributed by atoms with van der Waals surface area (Å²) >= 11 is 0. The number of amides is 1. The largest absolute Gasteiger partial charge is 0.449 e. The van der Waals surface area contributed by atoms with E-state index in [4.69, 9.17) is 4.74 Å². The summed E-state index contributed by atoms with van der Waals surface area (Å²) in [6.45, 7) is 4.43. The van der Waals surface area contributed by atoms with Gasteiger partial charge in [-0.05, 0) is 42.6 Å². The van der Waals surface area contributed by atoms with Crippen LogP contribution in [0.2, 0.25) is 0 Å². The number of carbonyl (C=O) groups is 1. The Hall–Kier alpha value is -1.51. The van der Waals surface area contributed by atoms with Crippen molar-refractivity contribution < 1.29 is 9.53 Å². The van der Waals surface area contributed by atoms with Gasteiger partial charge in [-0.25, -0.2) is 4.79 Å². The number of ether oxygens (including phenoxy) is 1. The van der Waals surface area contributed by atoms with Gasteiger partial charge < -0.3 is 9.64 Å². The number of hydrogen-bond donors (Lipinski definition) is 0. The van der Waals surface area contributed by atoms with Crippen molar-refractivity contribution >= 4 is 6.09 Å². The van der Waals surface area contributed by atoms with E-state index in [-0.39, 0.29) is 6.09 Å². The number of hydrogen-bond acceptors (Lipinski definition) is 2. The van der Waals surface area contributed by atoms with Gasteiger partial charge in [-0.3, -0.25) is 0 Å². The Morgan fingerprint density at radius 3 is 2.81 bits per heavy atom. The van der Waals surface area contributed by atoms with Crippen molar-refractivity contribution in [1.29, 1.82) is 0 Å². The molecule has 1 heterocycles. The normalized spacial score (nSPS) is 27.7. The molecule has 0 unspecified atom stereocenters. The number of benzene rings is 1. The standard InChI is InChI=1S/C18H25NO2/c1-2-3-11-21-17(20)19-10-9-18(14-19)12-16(13-18)15-7-5-4-6-8-15/h4-8,16H,2-3,9-14H2,1H3. The second kappa shape index (κ2) is 6.08. The third-order valence-electron chi connectivity index (χ3n) is 5.05. The molecule has 0 N–H and O–H groups in total. The lowest BCUT2D eigenvalue weighted by molar-refractivity contribution is 0.0834. The third-order valence-corrected chi connectivity index (χ3v) is 5.05. The van der Waals surface area contributed by atoms with Crippen LogP contribution in [0.15, 0.2) is 30.3 Å². The van der Waals surface area contributed by atoms with Crippen LogP contribution in [-0.2, 0) is 4.74 Å². The van der Waals surface area contributed by atoms with Crippen LogP contribution >= 0.6 is 0 Å². The summed E-state index contributed by atoms with van der Waals surface area (Å²) in [6.07, 6.45) is 5.49. The Bertz CT molecular complexity index is 479. The second-order valence-electron chi connectivity index (χ2n) is 6.66. The fourth-order valence-corrected chi connectivity index (χ4v) is 3.77. The van der Waals surface area contributed by atoms with E-state index in [0.29, 0.717) is 17.9 Å². The predicted molar refractivity (Wildman–Crippen MR) is 83.3 cm³/mol. The summed E-state index contributed by atoms with van der Waals surface area (Å²) in [7, 11) is 0. The molecule has 3 heteroatoms. The van der Waals surface area contributed by atoms with Crippen LogP contribution in [0.1, 0.15) is 50.5 Å². The van der Waals surface area contributed by atoms with Gasteiger partial charge in [0.1, 0.15) is 0 Å². The lowest BCUT2D eigenvalue weighted by Crippen LogP contribution is -2.40. The van der Waals surface area contributed by atoms with Crippen molar-refractivity contribution in [3.05, 3.63) is 35.9 Å². The van der Waals surface area contributed by atoms with Gasteiger partial charge in [-0.15, -0.1) is 0 Å². The molecule has 3 rings (SSSR count). The summed E-state index contributed by atoms with van der Waals surface area (Å²) in [4.78, 5) is 13.9. The Morgan fingerprint density at radius 1 is 1.33 bits per heavy atom. The van der Waals surface area contributed by atoms with Crippen LogP contribution in [0, 0.1) is 5.41 Å². The minimum atomic E-state index is -0.108.